The first-order valence-corrected chi connectivity index (χ1v) is 6.51. The smallest absolute Gasteiger partial charge is 0.334 e. The van der Waals surface area contributed by atoms with E-state index in [1.54, 1.807) is 12.2 Å². The highest BCUT2D eigenvalue weighted by Crippen LogP contribution is 2.33. The highest BCUT2D eigenvalue weighted by molar-refractivity contribution is 5.91. The second-order valence-corrected chi connectivity index (χ2v) is 5.39. The SMILES string of the molecule is C=C1C(=O)O[C@@H]2/C=C(\C)[C@H](O)CC/C(C)=C\[C@H](O)[C@@H]12. The summed E-state index contributed by atoms with van der Waals surface area (Å²) >= 11 is 0. The van der Waals surface area contributed by atoms with E-state index >= 15 is 0 Å². The van der Waals surface area contributed by atoms with E-state index in [1.165, 1.54) is 0 Å². The summed E-state index contributed by atoms with van der Waals surface area (Å²) in [7, 11) is 0. The summed E-state index contributed by atoms with van der Waals surface area (Å²) in [6.07, 6.45) is 2.88. The van der Waals surface area contributed by atoms with Crippen molar-refractivity contribution >= 4 is 5.97 Å². The minimum Gasteiger partial charge on any atom is -0.454 e. The van der Waals surface area contributed by atoms with Crippen LogP contribution in [-0.4, -0.2) is 34.5 Å². The highest BCUT2D eigenvalue weighted by atomic mass is 16.6. The zero-order valence-electron chi connectivity index (χ0n) is 11.3. The van der Waals surface area contributed by atoms with Crippen LogP contribution in [0.25, 0.3) is 0 Å². The lowest BCUT2D eigenvalue weighted by atomic mass is 9.86. The van der Waals surface area contributed by atoms with Crippen LogP contribution in [0.5, 0.6) is 0 Å². The second-order valence-electron chi connectivity index (χ2n) is 5.39. The van der Waals surface area contributed by atoms with Gasteiger partial charge in [-0.05, 0) is 38.3 Å². The molecule has 1 fully saturated rings. The molecular weight excluding hydrogens is 244 g/mol. The third kappa shape index (κ3) is 2.80. The van der Waals surface area contributed by atoms with Crippen molar-refractivity contribution in [1.82, 2.24) is 0 Å². The average molecular weight is 264 g/mol. The lowest BCUT2D eigenvalue weighted by Crippen LogP contribution is -2.28. The Morgan fingerprint density at radius 1 is 1.32 bits per heavy atom. The van der Waals surface area contributed by atoms with E-state index in [1.807, 2.05) is 13.8 Å². The third-order valence-electron chi connectivity index (χ3n) is 3.85. The van der Waals surface area contributed by atoms with Crippen molar-refractivity contribution in [2.75, 3.05) is 0 Å². The Labute approximate surface area is 113 Å². The first-order valence-electron chi connectivity index (χ1n) is 6.51. The standard InChI is InChI=1S/C15H20O4/c1-8-4-5-11(16)9(2)7-13-14(12(17)6-8)10(3)15(18)19-13/h6-7,11-14,16-17H,3-5H2,1-2H3/b8-6-,9-7+/t11-,12+,13-,14-/m1/s1. The van der Waals surface area contributed by atoms with Gasteiger partial charge in [0.25, 0.3) is 0 Å². The molecule has 0 saturated carbocycles. The van der Waals surface area contributed by atoms with Gasteiger partial charge < -0.3 is 14.9 Å². The zero-order chi connectivity index (χ0) is 14.2. The van der Waals surface area contributed by atoms with Crippen LogP contribution in [0, 0.1) is 5.92 Å². The summed E-state index contributed by atoms with van der Waals surface area (Å²) < 4.78 is 5.22. The van der Waals surface area contributed by atoms with Gasteiger partial charge in [-0.3, -0.25) is 0 Å². The number of hydrogen-bond donors (Lipinski definition) is 2. The lowest BCUT2D eigenvalue weighted by molar-refractivity contribution is -0.137. The molecular formula is C15H20O4. The summed E-state index contributed by atoms with van der Waals surface area (Å²) in [5.74, 6) is -0.944. The molecule has 0 aromatic rings. The molecule has 19 heavy (non-hydrogen) atoms. The molecule has 0 radical (unpaired) electrons. The van der Waals surface area contributed by atoms with Crippen LogP contribution < -0.4 is 0 Å². The van der Waals surface area contributed by atoms with Crippen LogP contribution in [0.2, 0.25) is 0 Å². The number of esters is 1. The number of ether oxygens (including phenoxy) is 1. The Morgan fingerprint density at radius 2 is 2.00 bits per heavy atom. The molecule has 2 N–H and O–H groups in total. The number of allylic oxidation sites excluding steroid dienone is 1. The van der Waals surface area contributed by atoms with Crippen molar-refractivity contribution in [3.8, 4) is 0 Å². The predicted octanol–water partition coefficient (Wildman–Crippen LogP) is 1.49. The topological polar surface area (TPSA) is 66.8 Å². The van der Waals surface area contributed by atoms with Crippen LogP contribution in [0.3, 0.4) is 0 Å². The Balaban J connectivity index is 2.39. The maximum absolute atomic E-state index is 11.6. The summed E-state index contributed by atoms with van der Waals surface area (Å²) in [5.41, 5.74) is 2.05. The molecule has 104 valence electrons. The molecule has 4 atom stereocenters. The van der Waals surface area contributed by atoms with Crippen LogP contribution in [-0.2, 0) is 9.53 Å². The number of aliphatic hydroxyl groups excluding tert-OH is 2. The summed E-state index contributed by atoms with van der Waals surface area (Å²) in [4.78, 5) is 11.6. The maximum Gasteiger partial charge on any atom is 0.334 e. The molecule has 1 aliphatic carbocycles. The Morgan fingerprint density at radius 3 is 2.68 bits per heavy atom. The molecule has 0 unspecified atom stereocenters. The molecule has 1 saturated heterocycles. The maximum atomic E-state index is 11.6. The second kappa shape index (κ2) is 5.31. The summed E-state index contributed by atoms with van der Waals surface area (Å²) in [6.45, 7) is 7.43. The minimum absolute atomic E-state index is 0.292. The van der Waals surface area contributed by atoms with Gasteiger partial charge in [0.05, 0.1) is 18.1 Å². The predicted molar refractivity (Wildman–Crippen MR) is 71.3 cm³/mol. The van der Waals surface area contributed by atoms with Gasteiger partial charge in [-0.25, -0.2) is 4.79 Å². The van der Waals surface area contributed by atoms with E-state index < -0.39 is 30.2 Å². The number of carbonyl (C=O) groups excluding carboxylic acids is 1. The Hall–Kier alpha value is -1.39. The average Bonchev–Trinajstić information content (AvgIpc) is 2.60. The van der Waals surface area contributed by atoms with E-state index in [9.17, 15) is 15.0 Å². The molecule has 0 aromatic carbocycles. The van der Waals surface area contributed by atoms with Crippen molar-refractivity contribution in [2.24, 2.45) is 5.92 Å². The van der Waals surface area contributed by atoms with Crippen LogP contribution in [0.15, 0.2) is 35.5 Å². The normalized spacial score (nSPS) is 41.7. The Kier molecular flexibility index (Phi) is 3.92. The zero-order valence-corrected chi connectivity index (χ0v) is 11.3. The quantitative estimate of drug-likeness (QED) is 0.395. The molecule has 0 spiro atoms. The molecule has 0 aromatic heterocycles. The van der Waals surface area contributed by atoms with Gasteiger partial charge in [0.15, 0.2) is 0 Å². The van der Waals surface area contributed by atoms with Gasteiger partial charge in [-0.2, -0.15) is 0 Å². The van der Waals surface area contributed by atoms with E-state index in [2.05, 4.69) is 6.58 Å². The van der Waals surface area contributed by atoms with Gasteiger partial charge in [0.2, 0.25) is 0 Å². The fourth-order valence-corrected chi connectivity index (χ4v) is 2.59. The third-order valence-corrected chi connectivity index (χ3v) is 3.85. The molecule has 0 bridgehead atoms. The number of hydrogen-bond acceptors (Lipinski definition) is 4. The first kappa shape index (κ1) is 14.0. The molecule has 0 amide bonds. The highest BCUT2D eigenvalue weighted by Gasteiger charge is 2.41. The molecule has 1 heterocycles. The fourth-order valence-electron chi connectivity index (χ4n) is 2.59. The van der Waals surface area contributed by atoms with Gasteiger partial charge in [-0.1, -0.05) is 18.2 Å². The molecule has 1 aliphatic heterocycles. The number of aliphatic hydroxyl groups is 2. The number of rotatable bonds is 0. The molecule has 2 rings (SSSR count). The lowest BCUT2D eigenvalue weighted by Gasteiger charge is -2.22. The van der Waals surface area contributed by atoms with Gasteiger partial charge >= 0.3 is 5.97 Å². The monoisotopic (exact) mass is 264 g/mol. The van der Waals surface area contributed by atoms with Crippen LogP contribution >= 0.6 is 0 Å². The van der Waals surface area contributed by atoms with E-state index in [-0.39, 0.29) is 0 Å². The van der Waals surface area contributed by atoms with Crippen molar-refractivity contribution in [1.29, 1.82) is 0 Å². The van der Waals surface area contributed by atoms with Gasteiger partial charge in [0.1, 0.15) is 6.10 Å². The molecule has 4 heteroatoms. The largest absolute Gasteiger partial charge is 0.454 e. The fraction of sp³-hybridized carbons (Fsp3) is 0.533. The molecule has 2 aliphatic rings. The molecule has 4 nitrogen and oxygen atoms in total. The van der Waals surface area contributed by atoms with E-state index in [4.69, 9.17) is 4.74 Å². The van der Waals surface area contributed by atoms with Crippen molar-refractivity contribution in [2.45, 2.75) is 45.0 Å². The minimum atomic E-state index is -0.789. The number of fused-ring (bicyclic) bond motifs is 1. The first-order chi connectivity index (χ1) is 8.90. The Bertz CT molecular complexity index is 461. The van der Waals surface area contributed by atoms with Gasteiger partial charge in [0, 0.05) is 5.57 Å². The van der Waals surface area contributed by atoms with Crippen molar-refractivity contribution in [3.05, 3.63) is 35.5 Å². The number of carbonyl (C=O) groups is 1. The van der Waals surface area contributed by atoms with Crippen LogP contribution in [0.4, 0.5) is 0 Å². The van der Waals surface area contributed by atoms with Crippen molar-refractivity contribution < 1.29 is 19.7 Å². The van der Waals surface area contributed by atoms with Crippen LogP contribution in [0.1, 0.15) is 26.7 Å². The summed E-state index contributed by atoms with van der Waals surface area (Å²) in [5, 5.41) is 20.3. The van der Waals surface area contributed by atoms with Gasteiger partial charge in [-0.15, -0.1) is 0 Å². The van der Waals surface area contributed by atoms with Crippen molar-refractivity contribution in [3.63, 3.8) is 0 Å². The summed E-state index contributed by atoms with van der Waals surface area (Å²) in [6, 6.07) is 0. The van der Waals surface area contributed by atoms with E-state index in [0.717, 1.165) is 11.1 Å². The van der Waals surface area contributed by atoms with E-state index in [0.29, 0.717) is 18.4 Å².